The zero-order valence-corrected chi connectivity index (χ0v) is 27.5. The fraction of sp³-hybridized carbons (Fsp3) is 0.189. The van der Waals surface area contributed by atoms with Gasteiger partial charge < -0.3 is 8.95 Å². The molecule has 0 spiro atoms. The predicted octanol–water partition coefficient (Wildman–Crippen LogP) is 7.86. The molecule has 5 aromatic rings. The molecule has 0 amide bonds. The van der Waals surface area contributed by atoms with Gasteiger partial charge in [0.2, 0.25) is 0 Å². The Morgan fingerprint density at radius 1 is 0.628 bits per heavy atom. The van der Waals surface area contributed by atoms with Crippen molar-refractivity contribution in [2.24, 2.45) is 0 Å². The molecular formula is C37H38ClO3PSi. The van der Waals surface area contributed by atoms with Gasteiger partial charge in [-0.3, -0.25) is 4.57 Å². The standard InChI is InChI=1S/C37H38ClO3PSi/c1-37(2,3)43(33-25-15-7-16-26-33,34-27-17-8-18-28-34)40-29-35(36(38)30-19-9-4-10-20-30)41-42(39,31-21-11-5-12-22-31)32-23-13-6-14-24-32/h4-28,35-36H,29H2,1-3H3/t35-,36+/m0/s1. The van der Waals surface area contributed by atoms with Crippen molar-refractivity contribution >= 4 is 48.3 Å². The average Bonchev–Trinajstić information content (AvgIpc) is 3.05. The van der Waals surface area contributed by atoms with E-state index >= 15 is 4.57 Å². The van der Waals surface area contributed by atoms with E-state index in [4.69, 9.17) is 20.6 Å². The molecule has 0 aliphatic heterocycles. The van der Waals surface area contributed by atoms with Crippen LogP contribution in [0.3, 0.4) is 0 Å². The molecule has 5 rings (SSSR count). The van der Waals surface area contributed by atoms with E-state index in [0.717, 1.165) is 15.9 Å². The second-order valence-corrected chi connectivity index (χ2v) is 18.8. The van der Waals surface area contributed by atoms with Gasteiger partial charge in [0.05, 0.1) is 12.0 Å². The van der Waals surface area contributed by atoms with Crippen molar-refractivity contribution in [2.75, 3.05) is 6.61 Å². The predicted molar refractivity (Wildman–Crippen MR) is 183 cm³/mol. The Kier molecular flexibility index (Phi) is 9.86. The lowest BCUT2D eigenvalue weighted by atomic mass is 10.1. The Balaban J connectivity index is 1.63. The van der Waals surface area contributed by atoms with Gasteiger partial charge in [-0.05, 0) is 45.2 Å². The zero-order chi connectivity index (χ0) is 30.3. The third-order valence-electron chi connectivity index (χ3n) is 7.80. The van der Waals surface area contributed by atoms with E-state index in [0.29, 0.717) is 10.6 Å². The normalized spacial score (nSPS) is 13.8. The summed E-state index contributed by atoms with van der Waals surface area (Å²) in [6.45, 7) is 6.87. The van der Waals surface area contributed by atoms with Crippen LogP contribution in [0, 0.1) is 0 Å². The van der Waals surface area contributed by atoms with Gasteiger partial charge in [0.15, 0.2) is 0 Å². The summed E-state index contributed by atoms with van der Waals surface area (Å²) >= 11 is 7.28. The maximum atomic E-state index is 15.1. The smallest absolute Gasteiger partial charge is 0.261 e. The largest absolute Gasteiger partial charge is 0.405 e. The maximum absolute atomic E-state index is 15.1. The molecule has 0 bridgehead atoms. The molecule has 0 aliphatic rings. The Morgan fingerprint density at radius 2 is 1.00 bits per heavy atom. The Morgan fingerprint density at radius 3 is 1.40 bits per heavy atom. The second-order valence-electron chi connectivity index (χ2n) is 11.7. The van der Waals surface area contributed by atoms with Crippen molar-refractivity contribution in [1.82, 2.24) is 0 Å². The van der Waals surface area contributed by atoms with Crippen LogP contribution in [-0.2, 0) is 13.5 Å². The first-order valence-corrected chi connectivity index (χ1v) is 18.6. The van der Waals surface area contributed by atoms with Crippen LogP contribution >= 0.6 is 19.0 Å². The van der Waals surface area contributed by atoms with E-state index in [1.807, 2.05) is 103 Å². The molecule has 0 aromatic heterocycles. The monoisotopic (exact) mass is 624 g/mol. The minimum absolute atomic E-state index is 0.153. The first-order valence-electron chi connectivity index (χ1n) is 14.6. The van der Waals surface area contributed by atoms with Crippen LogP contribution in [0.1, 0.15) is 31.7 Å². The van der Waals surface area contributed by atoms with Gasteiger partial charge in [-0.25, -0.2) is 0 Å². The van der Waals surface area contributed by atoms with E-state index in [9.17, 15) is 0 Å². The number of hydrogen-bond donors (Lipinski definition) is 0. The number of halogens is 1. The van der Waals surface area contributed by atoms with Gasteiger partial charge >= 0.3 is 0 Å². The lowest BCUT2D eigenvalue weighted by molar-refractivity contribution is 0.125. The lowest BCUT2D eigenvalue weighted by Gasteiger charge is -2.44. The Labute approximate surface area is 262 Å². The molecule has 0 saturated heterocycles. The van der Waals surface area contributed by atoms with Crippen molar-refractivity contribution in [3.63, 3.8) is 0 Å². The van der Waals surface area contributed by atoms with E-state index in [1.165, 1.54) is 0 Å². The molecule has 0 aliphatic carbocycles. The summed E-state index contributed by atoms with van der Waals surface area (Å²) in [5, 5.41) is 2.71. The maximum Gasteiger partial charge on any atom is 0.261 e. The van der Waals surface area contributed by atoms with Gasteiger partial charge in [-0.1, -0.05) is 148 Å². The van der Waals surface area contributed by atoms with Crippen LogP contribution < -0.4 is 21.0 Å². The molecule has 3 nitrogen and oxygen atoms in total. The van der Waals surface area contributed by atoms with Crippen molar-refractivity contribution in [3.05, 3.63) is 157 Å². The summed E-state index contributed by atoms with van der Waals surface area (Å²) in [4.78, 5) is 0. The lowest BCUT2D eigenvalue weighted by Crippen LogP contribution is -2.67. The van der Waals surface area contributed by atoms with Crippen LogP contribution in [0.15, 0.2) is 152 Å². The minimum atomic E-state index is -3.57. The number of alkyl halides is 1. The van der Waals surface area contributed by atoms with Crippen molar-refractivity contribution < 1.29 is 13.5 Å². The molecule has 0 unspecified atom stereocenters. The highest BCUT2D eigenvalue weighted by Crippen LogP contribution is 2.49. The highest BCUT2D eigenvalue weighted by atomic mass is 35.5. The van der Waals surface area contributed by atoms with Gasteiger partial charge in [0.1, 0.15) is 6.10 Å². The van der Waals surface area contributed by atoms with E-state index in [1.54, 1.807) is 0 Å². The SMILES string of the molecule is CC(C)(C)[Si](OC[C@H](OP(=O)(c1ccccc1)c1ccccc1)[C@H](Cl)c1ccccc1)(c1ccccc1)c1ccccc1. The summed E-state index contributed by atoms with van der Waals surface area (Å²) in [6, 6.07) is 49.6. The summed E-state index contributed by atoms with van der Waals surface area (Å²) in [6.07, 6.45) is -0.725. The molecule has 5 aromatic carbocycles. The quantitative estimate of drug-likeness (QED) is 0.0853. The minimum Gasteiger partial charge on any atom is -0.405 e. The van der Waals surface area contributed by atoms with Gasteiger partial charge in [-0.2, -0.15) is 0 Å². The first kappa shape index (κ1) is 31.2. The zero-order valence-electron chi connectivity index (χ0n) is 24.8. The molecule has 0 heterocycles. The van der Waals surface area contributed by atoms with E-state index < -0.39 is 27.2 Å². The first-order chi connectivity index (χ1) is 20.8. The van der Waals surface area contributed by atoms with Gasteiger partial charge in [0.25, 0.3) is 15.7 Å². The topological polar surface area (TPSA) is 35.5 Å². The number of rotatable bonds is 11. The highest BCUT2D eigenvalue weighted by molar-refractivity contribution is 7.74. The van der Waals surface area contributed by atoms with E-state index in [2.05, 4.69) is 69.3 Å². The molecule has 43 heavy (non-hydrogen) atoms. The fourth-order valence-corrected chi connectivity index (χ4v) is 12.8. The van der Waals surface area contributed by atoms with Crippen LogP contribution in [0.5, 0.6) is 0 Å². The molecule has 0 radical (unpaired) electrons. The Bertz CT molecular complexity index is 1530. The van der Waals surface area contributed by atoms with Crippen LogP contribution in [0.25, 0.3) is 0 Å². The molecule has 0 fully saturated rings. The van der Waals surface area contributed by atoms with Crippen LogP contribution in [-0.4, -0.2) is 21.0 Å². The molecule has 2 atom stereocenters. The number of benzene rings is 5. The molecular weight excluding hydrogens is 587 g/mol. The highest BCUT2D eigenvalue weighted by Gasteiger charge is 2.51. The van der Waals surface area contributed by atoms with Crippen molar-refractivity contribution in [2.45, 2.75) is 37.3 Å². The number of hydrogen-bond acceptors (Lipinski definition) is 3. The van der Waals surface area contributed by atoms with Crippen LogP contribution in [0.4, 0.5) is 0 Å². The van der Waals surface area contributed by atoms with E-state index in [-0.39, 0.29) is 11.6 Å². The summed E-state index contributed by atoms with van der Waals surface area (Å²) < 4.78 is 29.2. The van der Waals surface area contributed by atoms with Crippen molar-refractivity contribution in [1.29, 1.82) is 0 Å². The molecule has 6 heteroatoms. The Hall–Kier alpha value is -3.24. The molecule has 0 N–H and O–H groups in total. The third-order valence-corrected chi connectivity index (χ3v) is 15.9. The molecule has 220 valence electrons. The van der Waals surface area contributed by atoms with Gasteiger partial charge in [0, 0.05) is 10.6 Å². The summed E-state index contributed by atoms with van der Waals surface area (Å²) in [7, 11) is -6.49. The second kappa shape index (κ2) is 13.6. The fourth-order valence-electron chi connectivity index (χ4n) is 5.70. The van der Waals surface area contributed by atoms with Crippen molar-refractivity contribution in [3.8, 4) is 0 Å². The summed E-state index contributed by atoms with van der Waals surface area (Å²) in [5.41, 5.74) is 0.882. The average molecular weight is 625 g/mol. The third kappa shape index (κ3) is 6.65. The molecule has 0 saturated carbocycles. The summed E-state index contributed by atoms with van der Waals surface area (Å²) in [5.74, 6) is 0. The van der Waals surface area contributed by atoms with Crippen LogP contribution in [0.2, 0.25) is 5.04 Å². The van der Waals surface area contributed by atoms with Gasteiger partial charge in [-0.15, -0.1) is 11.6 Å².